The summed E-state index contributed by atoms with van der Waals surface area (Å²) in [5, 5.41) is 10.3. The molecule has 0 radical (unpaired) electrons. The Labute approximate surface area is 171 Å². The van der Waals surface area contributed by atoms with E-state index in [9.17, 15) is 14.4 Å². The molecule has 3 aromatic carbocycles. The summed E-state index contributed by atoms with van der Waals surface area (Å²) in [6.07, 6.45) is 0.570. The van der Waals surface area contributed by atoms with E-state index in [0.717, 1.165) is 16.3 Å². The van der Waals surface area contributed by atoms with Gasteiger partial charge in [0.1, 0.15) is 5.71 Å². The quantitative estimate of drug-likeness (QED) is 0.337. The van der Waals surface area contributed by atoms with Crippen LogP contribution in [0.3, 0.4) is 0 Å². The summed E-state index contributed by atoms with van der Waals surface area (Å²) in [4.78, 5) is 40.3. The van der Waals surface area contributed by atoms with Crippen LogP contribution in [0.1, 0.15) is 15.9 Å². The molecule has 0 atom stereocenters. The number of amides is 3. The standard InChI is InChI=1S/C22H17N5O3/c23-20(24)15-3-1-14-10-16(4-2-13(14)9-15)21(29)25-17-5-7-19(8-6-17)27-11-18(12-28)26-22(27)30/h1-10,12H,11H2,(H3,23,24)(H,25,29)/p+1. The largest absolute Gasteiger partial charge is 0.348 e. The smallest absolute Gasteiger partial charge is 0.322 e. The van der Waals surface area contributed by atoms with Crippen LogP contribution in [0.25, 0.3) is 10.8 Å². The van der Waals surface area contributed by atoms with Gasteiger partial charge >= 0.3 is 6.03 Å². The maximum Gasteiger partial charge on any atom is 0.348 e. The van der Waals surface area contributed by atoms with E-state index in [1.54, 1.807) is 42.5 Å². The van der Waals surface area contributed by atoms with Crippen molar-refractivity contribution >= 4 is 51.9 Å². The van der Waals surface area contributed by atoms with Crippen molar-refractivity contribution in [1.82, 2.24) is 0 Å². The average Bonchev–Trinajstić information content (AvgIpc) is 3.14. The molecule has 0 fully saturated rings. The van der Waals surface area contributed by atoms with Gasteiger partial charge in [-0.3, -0.25) is 25.6 Å². The predicted octanol–water partition coefficient (Wildman–Crippen LogP) is 1.14. The lowest BCUT2D eigenvalue weighted by atomic mass is 10.0. The molecule has 0 saturated heterocycles. The highest BCUT2D eigenvalue weighted by molar-refractivity contribution is 6.36. The molecule has 0 spiro atoms. The molecular weight excluding hydrogens is 382 g/mol. The highest BCUT2D eigenvalue weighted by Crippen LogP contribution is 2.22. The van der Waals surface area contributed by atoms with Crippen molar-refractivity contribution < 1.29 is 19.8 Å². The van der Waals surface area contributed by atoms with Gasteiger partial charge in [0.15, 0.2) is 6.29 Å². The van der Waals surface area contributed by atoms with Crippen molar-refractivity contribution in [1.29, 1.82) is 0 Å². The van der Waals surface area contributed by atoms with Crippen molar-refractivity contribution in [3.8, 4) is 0 Å². The first kappa shape index (κ1) is 19.0. The number of amidine groups is 1. The second kappa shape index (κ2) is 7.59. The summed E-state index contributed by atoms with van der Waals surface area (Å²) >= 11 is 0. The molecular formula is C22H18N5O3+. The van der Waals surface area contributed by atoms with E-state index in [0.29, 0.717) is 23.2 Å². The maximum atomic E-state index is 12.6. The number of carbonyl (C=O) groups excluding carboxylic acids is 3. The normalized spacial score (nSPS) is 13.3. The first-order valence-electron chi connectivity index (χ1n) is 9.12. The molecule has 148 valence electrons. The SMILES string of the molecule is NC(=[NH2+])c1ccc2cc(C(=O)Nc3ccc(N4CC(C=O)=NC4=O)cc3)ccc2c1. The number of rotatable bonds is 5. The molecule has 3 amide bonds. The van der Waals surface area contributed by atoms with Crippen LogP contribution in [0.15, 0.2) is 65.7 Å². The van der Waals surface area contributed by atoms with Gasteiger partial charge in [-0.25, -0.2) is 4.79 Å². The topological polar surface area (TPSA) is 130 Å². The van der Waals surface area contributed by atoms with Crippen molar-refractivity contribution in [3.05, 3.63) is 71.8 Å². The first-order chi connectivity index (χ1) is 14.4. The van der Waals surface area contributed by atoms with Crippen LogP contribution < -0.4 is 21.4 Å². The van der Waals surface area contributed by atoms with E-state index >= 15 is 0 Å². The van der Waals surface area contributed by atoms with E-state index in [1.165, 1.54) is 4.90 Å². The lowest BCUT2D eigenvalue weighted by Crippen LogP contribution is -2.46. The van der Waals surface area contributed by atoms with Gasteiger partial charge in [-0.15, -0.1) is 0 Å². The third kappa shape index (κ3) is 3.66. The Morgan fingerprint density at radius 3 is 2.27 bits per heavy atom. The number of nitrogens with one attached hydrogen (secondary N) is 1. The van der Waals surface area contributed by atoms with Crippen LogP contribution in [-0.2, 0) is 4.79 Å². The second-order valence-electron chi connectivity index (χ2n) is 6.82. The van der Waals surface area contributed by atoms with Crippen LogP contribution in [0.4, 0.5) is 16.2 Å². The van der Waals surface area contributed by atoms with Gasteiger partial charge in [-0.2, -0.15) is 4.99 Å². The van der Waals surface area contributed by atoms with Crippen LogP contribution >= 0.6 is 0 Å². The zero-order chi connectivity index (χ0) is 21.3. The molecule has 5 N–H and O–H groups in total. The predicted molar refractivity (Wildman–Crippen MR) is 115 cm³/mol. The van der Waals surface area contributed by atoms with Gasteiger partial charge in [0.2, 0.25) is 0 Å². The third-order valence-corrected chi connectivity index (χ3v) is 4.80. The molecule has 0 aliphatic carbocycles. The Morgan fingerprint density at radius 2 is 1.67 bits per heavy atom. The Kier molecular flexibility index (Phi) is 4.81. The Bertz CT molecular complexity index is 1230. The van der Waals surface area contributed by atoms with Gasteiger partial charge < -0.3 is 5.32 Å². The molecule has 8 heteroatoms. The molecule has 4 rings (SSSR count). The Hall–Kier alpha value is -4.33. The number of fused-ring (bicyclic) bond motifs is 1. The number of aliphatic imine (C=N–C) groups is 1. The average molecular weight is 400 g/mol. The summed E-state index contributed by atoms with van der Waals surface area (Å²) in [7, 11) is 0. The van der Waals surface area contributed by atoms with Crippen LogP contribution in [0, 0.1) is 0 Å². The number of hydrogen-bond donors (Lipinski definition) is 3. The first-order valence-corrected chi connectivity index (χ1v) is 9.12. The number of nitrogens with two attached hydrogens (primary N) is 2. The second-order valence-corrected chi connectivity index (χ2v) is 6.82. The summed E-state index contributed by atoms with van der Waals surface area (Å²) in [6, 6.07) is 17.1. The number of benzene rings is 3. The summed E-state index contributed by atoms with van der Waals surface area (Å²) in [5.41, 5.74) is 8.23. The molecule has 0 bridgehead atoms. The molecule has 8 nitrogen and oxygen atoms in total. The van der Waals surface area contributed by atoms with E-state index in [2.05, 4.69) is 10.3 Å². The number of carbonyl (C=O) groups is 3. The number of hydrogen-bond acceptors (Lipinski definition) is 3. The number of anilines is 2. The van der Waals surface area contributed by atoms with Crippen molar-refractivity contribution in [2.24, 2.45) is 10.7 Å². The van der Waals surface area contributed by atoms with Crippen molar-refractivity contribution in [3.63, 3.8) is 0 Å². The molecule has 0 saturated carbocycles. The lowest BCUT2D eigenvalue weighted by Gasteiger charge is -2.15. The van der Waals surface area contributed by atoms with E-state index in [-0.39, 0.29) is 24.0 Å². The molecule has 1 heterocycles. The van der Waals surface area contributed by atoms with E-state index in [1.807, 2.05) is 18.2 Å². The fourth-order valence-corrected chi connectivity index (χ4v) is 3.21. The summed E-state index contributed by atoms with van der Waals surface area (Å²) in [5.74, 6) is -0.0193. The Morgan fingerprint density at radius 1 is 1.03 bits per heavy atom. The fourth-order valence-electron chi connectivity index (χ4n) is 3.21. The molecule has 0 unspecified atom stereocenters. The number of nitrogens with zero attached hydrogens (tertiary/aromatic N) is 2. The molecule has 3 aromatic rings. The van der Waals surface area contributed by atoms with Gasteiger partial charge in [-0.1, -0.05) is 12.1 Å². The van der Waals surface area contributed by atoms with Crippen LogP contribution in [0.2, 0.25) is 0 Å². The van der Waals surface area contributed by atoms with Gasteiger partial charge in [0.05, 0.1) is 12.1 Å². The molecule has 1 aliphatic heterocycles. The minimum absolute atomic E-state index is 0.139. The molecule has 1 aliphatic rings. The van der Waals surface area contributed by atoms with Gasteiger partial charge in [0, 0.05) is 16.9 Å². The van der Waals surface area contributed by atoms with Crippen LogP contribution in [-0.4, -0.2) is 36.3 Å². The Balaban J connectivity index is 1.48. The minimum Gasteiger partial charge on any atom is -0.322 e. The van der Waals surface area contributed by atoms with Crippen molar-refractivity contribution in [2.75, 3.05) is 16.8 Å². The zero-order valence-corrected chi connectivity index (χ0v) is 15.8. The molecule has 30 heavy (non-hydrogen) atoms. The zero-order valence-electron chi connectivity index (χ0n) is 15.8. The fraction of sp³-hybridized carbons (Fsp3) is 0.0455. The summed E-state index contributed by atoms with van der Waals surface area (Å²) < 4.78 is 0. The van der Waals surface area contributed by atoms with Gasteiger partial charge in [-0.05, 0) is 59.3 Å². The van der Waals surface area contributed by atoms with E-state index in [4.69, 9.17) is 11.1 Å². The maximum absolute atomic E-state index is 12.6. The molecule has 0 aromatic heterocycles. The monoisotopic (exact) mass is 400 g/mol. The van der Waals surface area contributed by atoms with Gasteiger partial charge in [0.25, 0.3) is 11.7 Å². The number of urea groups is 1. The number of aldehydes is 1. The highest BCUT2D eigenvalue weighted by atomic mass is 16.2. The third-order valence-electron chi connectivity index (χ3n) is 4.80. The summed E-state index contributed by atoms with van der Waals surface area (Å²) in [6.45, 7) is 0.139. The highest BCUT2D eigenvalue weighted by Gasteiger charge is 2.24. The lowest BCUT2D eigenvalue weighted by molar-refractivity contribution is -0.114. The van der Waals surface area contributed by atoms with E-state index < -0.39 is 6.03 Å². The minimum atomic E-state index is -0.484. The van der Waals surface area contributed by atoms with Crippen LogP contribution in [0.5, 0.6) is 0 Å². The van der Waals surface area contributed by atoms with Crippen molar-refractivity contribution in [2.45, 2.75) is 0 Å².